The van der Waals surface area contributed by atoms with Crippen LogP contribution in [0.5, 0.6) is 0 Å². The first kappa shape index (κ1) is 11.9. The van der Waals surface area contributed by atoms with Gasteiger partial charge < -0.3 is 10.6 Å². The van der Waals surface area contributed by atoms with Gasteiger partial charge in [-0.25, -0.2) is 0 Å². The molecule has 0 spiro atoms. The van der Waals surface area contributed by atoms with Gasteiger partial charge in [-0.15, -0.1) is 0 Å². The first-order valence-corrected chi connectivity index (χ1v) is 6.76. The SMILES string of the molecule is Cc1cc(NCCC2CCNC2)ccc1Br. The first-order chi connectivity index (χ1) is 7.75. The van der Waals surface area contributed by atoms with E-state index in [1.165, 1.54) is 41.7 Å². The molecule has 1 aliphatic heterocycles. The number of rotatable bonds is 4. The Bertz CT molecular complexity index is 346. The van der Waals surface area contributed by atoms with Gasteiger partial charge in [0.1, 0.15) is 0 Å². The van der Waals surface area contributed by atoms with Crippen molar-refractivity contribution in [2.24, 2.45) is 5.92 Å². The van der Waals surface area contributed by atoms with Crippen LogP contribution in [0.15, 0.2) is 22.7 Å². The van der Waals surface area contributed by atoms with Crippen LogP contribution in [-0.4, -0.2) is 19.6 Å². The highest BCUT2D eigenvalue weighted by Gasteiger charge is 2.13. The van der Waals surface area contributed by atoms with Gasteiger partial charge in [-0.05, 0) is 62.5 Å². The fourth-order valence-corrected chi connectivity index (χ4v) is 2.38. The van der Waals surface area contributed by atoms with E-state index in [0.29, 0.717) is 0 Å². The van der Waals surface area contributed by atoms with Gasteiger partial charge in [0, 0.05) is 16.7 Å². The monoisotopic (exact) mass is 282 g/mol. The number of hydrogen-bond donors (Lipinski definition) is 2. The van der Waals surface area contributed by atoms with Crippen LogP contribution in [0.2, 0.25) is 0 Å². The zero-order valence-corrected chi connectivity index (χ0v) is 11.3. The van der Waals surface area contributed by atoms with Crippen LogP contribution in [-0.2, 0) is 0 Å². The number of aryl methyl sites for hydroxylation is 1. The van der Waals surface area contributed by atoms with Crippen LogP contribution < -0.4 is 10.6 Å². The van der Waals surface area contributed by atoms with E-state index >= 15 is 0 Å². The molecular formula is C13H19BrN2. The van der Waals surface area contributed by atoms with Crippen molar-refractivity contribution in [2.45, 2.75) is 19.8 Å². The van der Waals surface area contributed by atoms with Crippen molar-refractivity contribution in [2.75, 3.05) is 25.0 Å². The Balaban J connectivity index is 1.78. The van der Waals surface area contributed by atoms with E-state index in [-0.39, 0.29) is 0 Å². The molecule has 88 valence electrons. The molecule has 0 bridgehead atoms. The maximum absolute atomic E-state index is 3.52. The van der Waals surface area contributed by atoms with Gasteiger partial charge in [-0.3, -0.25) is 0 Å². The second-order valence-electron chi connectivity index (χ2n) is 4.54. The molecule has 16 heavy (non-hydrogen) atoms. The van der Waals surface area contributed by atoms with Crippen LogP contribution in [0.1, 0.15) is 18.4 Å². The molecule has 3 heteroatoms. The number of benzene rings is 1. The van der Waals surface area contributed by atoms with Crippen molar-refractivity contribution in [1.82, 2.24) is 5.32 Å². The molecule has 0 radical (unpaired) electrons. The van der Waals surface area contributed by atoms with Crippen molar-refractivity contribution < 1.29 is 0 Å². The van der Waals surface area contributed by atoms with Crippen molar-refractivity contribution >= 4 is 21.6 Å². The summed E-state index contributed by atoms with van der Waals surface area (Å²) in [6.45, 7) is 5.59. The predicted molar refractivity (Wildman–Crippen MR) is 73.0 cm³/mol. The van der Waals surface area contributed by atoms with Gasteiger partial charge in [-0.1, -0.05) is 15.9 Å². The zero-order valence-electron chi connectivity index (χ0n) is 9.72. The molecule has 1 aromatic rings. The van der Waals surface area contributed by atoms with Crippen molar-refractivity contribution in [1.29, 1.82) is 0 Å². The lowest BCUT2D eigenvalue weighted by molar-refractivity contribution is 0.549. The molecule has 2 rings (SSSR count). The van der Waals surface area contributed by atoms with E-state index < -0.39 is 0 Å². The normalized spacial score (nSPS) is 20.0. The van der Waals surface area contributed by atoms with Crippen molar-refractivity contribution in [3.8, 4) is 0 Å². The second-order valence-corrected chi connectivity index (χ2v) is 5.39. The van der Waals surface area contributed by atoms with Crippen LogP contribution >= 0.6 is 15.9 Å². The van der Waals surface area contributed by atoms with E-state index in [1.807, 2.05) is 0 Å². The molecule has 1 unspecified atom stereocenters. The smallest absolute Gasteiger partial charge is 0.0343 e. The maximum atomic E-state index is 3.52. The first-order valence-electron chi connectivity index (χ1n) is 5.96. The Labute approximate surface area is 106 Å². The van der Waals surface area contributed by atoms with Crippen molar-refractivity contribution in [3.05, 3.63) is 28.2 Å². The summed E-state index contributed by atoms with van der Waals surface area (Å²) in [5, 5.41) is 6.89. The van der Waals surface area contributed by atoms with E-state index in [1.54, 1.807) is 0 Å². The fraction of sp³-hybridized carbons (Fsp3) is 0.538. The third kappa shape index (κ3) is 3.22. The molecule has 1 saturated heterocycles. The Hall–Kier alpha value is -0.540. The van der Waals surface area contributed by atoms with Gasteiger partial charge in [0.25, 0.3) is 0 Å². The molecule has 1 aliphatic rings. The quantitative estimate of drug-likeness (QED) is 0.887. The van der Waals surface area contributed by atoms with E-state index in [4.69, 9.17) is 0 Å². The summed E-state index contributed by atoms with van der Waals surface area (Å²) in [6.07, 6.45) is 2.60. The van der Waals surface area contributed by atoms with Crippen LogP contribution in [0.25, 0.3) is 0 Å². The Kier molecular flexibility index (Phi) is 4.24. The average Bonchev–Trinajstić information content (AvgIpc) is 2.76. The van der Waals surface area contributed by atoms with Crippen LogP contribution in [0.3, 0.4) is 0 Å². The Morgan fingerprint density at radius 3 is 3.06 bits per heavy atom. The van der Waals surface area contributed by atoms with Gasteiger partial charge in [0.05, 0.1) is 0 Å². The fourth-order valence-electron chi connectivity index (χ4n) is 2.14. The molecule has 1 fully saturated rings. The molecule has 0 aliphatic carbocycles. The topological polar surface area (TPSA) is 24.1 Å². The molecule has 2 nitrogen and oxygen atoms in total. The highest BCUT2D eigenvalue weighted by molar-refractivity contribution is 9.10. The lowest BCUT2D eigenvalue weighted by atomic mass is 10.1. The third-order valence-corrected chi connectivity index (χ3v) is 4.09. The Morgan fingerprint density at radius 2 is 2.38 bits per heavy atom. The summed E-state index contributed by atoms with van der Waals surface area (Å²) in [5.41, 5.74) is 2.51. The molecule has 2 N–H and O–H groups in total. The standard InChI is InChI=1S/C13H19BrN2/c1-10-8-12(2-3-13(10)14)16-7-5-11-4-6-15-9-11/h2-3,8,11,15-16H,4-7,9H2,1H3. The van der Waals surface area contributed by atoms with Crippen LogP contribution in [0, 0.1) is 12.8 Å². The summed E-state index contributed by atoms with van der Waals surface area (Å²) < 4.78 is 1.18. The van der Waals surface area contributed by atoms with Gasteiger partial charge in [0.15, 0.2) is 0 Å². The van der Waals surface area contributed by atoms with Crippen molar-refractivity contribution in [3.63, 3.8) is 0 Å². The largest absolute Gasteiger partial charge is 0.385 e. The molecular weight excluding hydrogens is 264 g/mol. The summed E-state index contributed by atoms with van der Waals surface area (Å²) in [4.78, 5) is 0. The van der Waals surface area contributed by atoms with Gasteiger partial charge in [0.2, 0.25) is 0 Å². The van der Waals surface area contributed by atoms with E-state index in [9.17, 15) is 0 Å². The average molecular weight is 283 g/mol. The molecule has 0 saturated carbocycles. The third-order valence-electron chi connectivity index (χ3n) is 3.20. The summed E-state index contributed by atoms with van der Waals surface area (Å²) >= 11 is 3.52. The van der Waals surface area contributed by atoms with Gasteiger partial charge >= 0.3 is 0 Å². The van der Waals surface area contributed by atoms with E-state index in [0.717, 1.165) is 12.5 Å². The molecule has 0 amide bonds. The zero-order chi connectivity index (χ0) is 11.4. The van der Waals surface area contributed by atoms with E-state index in [2.05, 4.69) is 51.7 Å². The minimum absolute atomic E-state index is 0.865. The minimum Gasteiger partial charge on any atom is -0.385 e. The molecule has 1 atom stereocenters. The molecule has 0 aromatic heterocycles. The highest BCUT2D eigenvalue weighted by Crippen LogP contribution is 2.20. The van der Waals surface area contributed by atoms with Crippen LogP contribution in [0.4, 0.5) is 5.69 Å². The minimum atomic E-state index is 0.865. The molecule has 1 heterocycles. The van der Waals surface area contributed by atoms with Gasteiger partial charge in [-0.2, -0.15) is 0 Å². The number of hydrogen-bond acceptors (Lipinski definition) is 2. The second kappa shape index (κ2) is 5.69. The molecule has 1 aromatic carbocycles. The predicted octanol–water partition coefficient (Wildman–Crippen LogP) is 3.17. The summed E-state index contributed by atoms with van der Waals surface area (Å²) in [7, 11) is 0. The summed E-state index contributed by atoms with van der Waals surface area (Å²) in [5.74, 6) is 0.865. The lowest BCUT2D eigenvalue weighted by Crippen LogP contribution is -2.12. The Morgan fingerprint density at radius 1 is 1.50 bits per heavy atom. The number of nitrogens with one attached hydrogen (secondary N) is 2. The summed E-state index contributed by atoms with van der Waals surface area (Å²) in [6, 6.07) is 6.43. The lowest BCUT2D eigenvalue weighted by Gasteiger charge is -2.11. The number of halogens is 1. The maximum Gasteiger partial charge on any atom is 0.0343 e. The highest BCUT2D eigenvalue weighted by atomic mass is 79.9. The number of anilines is 1.